The van der Waals surface area contributed by atoms with E-state index in [0.717, 1.165) is 51.5 Å². The Morgan fingerprint density at radius 1 is 0.960 bits per heavy atom. The molecule has 138 valence electrons. The molecule has 4 heterocycles. The van der Waals surface area contributed by atoms with Crippen molar-refractivity contribution in [3.8, 4) is 0 Å². The van der Waals surface area contributed by atoms with E-state index in [1.165, 1.54) is 44.3 Å². The second kappa shape index (κ2) is 8.58. The third-order valence-corrected chi connectivity index (χ3v) is 5.69. The summed E-state index contributed by atoms with van der Waals surface area (Å²) in [7, 11) is 0. The van der Waals surface area contributed by atoms with Gasteiger partial charge in [-0.2, -0.15) is 0 Å². The molecule has 0 bridgehead atoms. The van der Waals surface area contributed by atoms with Crippen molar-refractivity contribution in [3.05, 3.63) is 29.6 Å². The van der Waals surface area contributed by atoms with Crippen molar-refractivity contribution in [2.75, 3.05) is 45.9 Å². The van der Waals surface area contributed by atoms with Gasteiger partial charge in [-0.05, 0) is 50.4 Å². The fraction of sp³-hybridized carbons (Fsp3) is 0.750. The zero-order chi connectivity index (χ0) is 16.9. The van der Waals surface area contributed by atoms with Crippen molar-refractivity contribution >= 4 is 0 Å². The summed E-state index contributed by atoms with van der Waals surface area (Å²) >= 11 is 0. The lowest BCUT2D eigenvalue weighted by Crippen LogP contribution is -2.35. The zero-order valence-corrected chi connectivity index (χ0v) is 15.2. The molecule has 3 fully saturated rings. The molecule has 4 rings (SSSR count). The summed E-state index contributed by atoms with van der Waals surface area (Å²) in [5, 5.41) is 0. The number of aromatic nitrogens is 1. The molecule has 0 saturated carbocycles. The van der Waals surface area contributed by atoms with E-state index in [9.17, 15) is 0 Å². The molecule has 3 saturated heterocycles. The first-order chi connectivity index (χ1) is 12.3. The van der Waals surface area contributed by atoms with Crippen LogP contribution in [0.25, 0.3) is 0 Å². The first kappa shape index (κ1) is 17.4. The van der Waals surface area contributed by atoms with Crippen LogP contribution in [0.5, 0.6) is 0 Å². The number of likely N-dealkylation sites (tertiary alicyclic amines) is 1. The molecule has 0 amide bonds. The quantitative estimate of drug-likeness (QED) is 0.789. The molecule has 1 aromatic rings. The Morgan fingerprint density at radius 3 is 2.52 bits per heavy atom. The Labute approximate surface area is 151 Å². The van der Waals surface area contributed by atoms with Crippen molar-refractivity contribution in [2.24, 2.45) is 0 Å². The van der Waals surface area contributed by atoms with Gasteiger partial charge < -0.3 is 14.4 Å². The number of hydrogen-bond donors (Lipinski definition) is 0. The number of nitrogens with zero attached hydrogens (tertiary/aromatic N) is 3. The lowest BCUT2D eigenvalue weighted by Gasteiger charge is -2.26. The van der Waals surface area contributed by atoms with Gasteiger partial charge in [-0.3, -0.25) is 9.88 Å². The van der Waals surface area contributed by atoms with Gasteiger partial charge in [0, 0.05) is 44.5 Å². The van der Waals surface area contributed by atoms with Gasteiger partial charge in [0.1, 0.15) is 0 Å². The monoisotopic (exact) mass is 345 g/mol. The SMILES string of the molecule is c1cc(C[C@@H]2CC[C@H](CN3CCCC3)O2)ncc1CN1CCOCC1. The maximum Gasteiger partial charge on any atom is 0.0706 e. The normalized spacial score (nSPS) is 28.6. The molecule has 0 N–H and O–H groups in total. The molecule has 1 aromatic heterocycles. The van der Waals surface area contributed by atoms with Gasteiger partial charge in [0.2, 0.25) is 0 Å². The molecule has 0 radical (unpaired) electrons. The third-order valence-electron chi connectivity index (χ3n) is 5.69. The molecule has 5 nitrogen and oxygen atoms in total. The maximum absolute atomic E-state index is 6.28. The highest BCUT2D eigenvalue weighted by Crippen LogP contribution is 2.24. The molecule has 5 heteroatoms. The fourth-order valence-electron chi connectivity index (χ4n) is 4.24. The predicted molar refractivity (Wildman–Crippen MR) is 97.6 cm³/mol. The van der Waals surface area contributed by atoms with Gasteiger partial charge in [-0.15, -0.1) is 0 Å². The van der Waals surface area contributed by atoms with Gasteiger partial charge in [-0.25, -0.2) is 0 Å². The molecule has 25 heavy (non-hydrogen) atoms. The first-order valence-electron chi connectivity index (χ1n) is 9.97. The number of hydrogen-bond acceptors (Lipinski definition) is 5. The van der Waals surface area contributed by atoms with E-state index in [1.807, 2.05) is 6.20 Å². The topological polar surface area (TPSA) is 37.8 Å². The van der Waals surface area contributed by atoms with Crippen LogP contribution >= 0.6 is 0 Å². The zero-order valence-electron chi connectivity index (χ0n) is 15.2. The highest BCUT2D eigenvalue weighted by Gasteiger charge is 2.28. The lowest BCUT2D eigenvalue weighted by atomic mass is 10.1. The molecular weight excluding hydrogens is 314 g/mol. The maximum atomic E-state index is 6.28. The van der Waals surface area contributed by atoms with Crippen molar-refractivity contribution in [1.29, 1.82) is 0 Å². The van der Waals surface area contributed by atoms with Crippen LogP contribution in [0.3, 0.4) is 0 Å². The van der Waals surface area contributed by atoms with Crippen LogP contribution in [-0.2, 0) is 22.4 Å². The smallest absolute Gasteiger partial charge is 0.0706 e. The van der Waals surface area contributed by atoms with Crippen molar-refractivity contribution in [3.63, 3.8) is 0 Å². The van der Waals surface area contributed by atoms with Crippen molar-refractivity contribution in [2.45, 2.75) is 50.9 Å². The molecular formula is C20H31N3O2. The minimum absolute atomic E-state index is 0.352. The van der Waals surface area contributed by atoms with Crippen LogP contribution in [0, 0.1) is 0 Å². The Balaban J connectivity index is 1.22. The second-order valence-electron chi connectivity index (χ2n) is 7.72. The van der Waals surface area contributed by atoms with Gasteiger partial charge in [0.05, 0.1) is 25.4 Å². The molecule has 3 aliphatic heterocycles. The summed E-state index contributed by atoms with van der Waals surface area (Å²) in [6.07, 6.45) is 8.88. The van der Waals surface area contributed by atoms with Crippen LogP contribution in [-0.4, -0.2) is 72.9 Å². The molecule has 0 aromatic carbocycles. The summed E-state index contributed by atoms with van der Waals surface area (Å²) < 4.78 is 11.7. The highest BCUT2D eigenvalue weighted by molar-refractivity contribution is 5.15. The Bertz CT molecular complexity index is 524. The van der Waals surface area contributed by atoms with Gasteiger partial charge in [0.25, 0.3) is 0 Å². The Morgan fingerprint density at radius 2 is 1.76 bits per heavy atom. The van der Waals surface area contributed by atoms with Crippen LogP contribution in [0.15, 0.2) is 18.3 Å². The van der Waals surface area contributed by atoms with E-state index in [1.54, 1.807) is 0 Å². The van der Waals surface area contributed by atoms with Gasteiger partial charge in [-0.1, -0.05) is 6.07 Å². The minimum Gasteiger partial charge on any atom is -0.379 e. The van der Waals surface area contributed by atoms with E-state index in [2.05, 4.69) is 26.9 Å². The van der Waals surface area contributed by atoms with Gasteiger partial charge >= 0.3 is 0 Å². The van der Waals surface area contributed by atoms with E-state index in [4.69, 9.17) is 9.47 Å². The largest absolute Gasteiger partial charge is 0.379 e. The average Bonchev–Trinajstić information content (AvgIpc) is 3.30. The summed E-state index contributed by atoms with van der Waals surface area (Å²) in [6.45, 7) is 8.38. The standard InChI is InChI=1S/C20H31N3O2/c1-2-8-22(7-1)16-20-6-5-19(25-20)13-18-4-3-17(14-21-18)15-23-9-11-24-12-10-23/h3-4,14,19-20H,1-2,5-13,15-16H2/t19-,20+/m0/s1. The second-order valence-corrected chi connectivity index (χ2v) is 7.72. The van der Waals surface area contributed by atoms with Crippen LogP contribution < -0.4 is 0 Å². The molecule has 0 spiro atoms. The highest BCUT2D eigenvalue weighted by atomic mass is 16.5. The average molecular weight is 345 g/mol. The molecule has 0 unspecified atom stereocenters. The number of ether oxygens (including phenoxy) is 2. The number of rotatable bonds is 6. The predicted octanol–water partition coefficient (Wildman–Crippen LogP) is 2.10. The molecule has 0 aliphatic carbocycles. The van der Waals surface area contributed by atoms with E-state index >= 15 is 0 Å². The lowest BCUT2D eigenvalue weighted by molar-refractivity contribution is 0.0270. The van der Waals surface area contributed by atoms with Crippen LogP contribution in [0.4, 0.5) is 0 Å². The van der Waals surface area contributed by atoms with Crippen molar-refractivity contribution in [1.82, 2.24) is 14.8 Å². The van der Waals surface area contributed by atoms with E-state index in [0.29, 0.717) is 12.2 Å². The first-order valence-corrected chi connectivity index (χ1v) is 9.97. The van der Waals surface area contributed by atoms with E-state index in [-0.39, 0.29) is 0 Å². The van der Waals surface area contributed by atoms with Crippen LogP contribution in [0.2, 0.25) is 0 Å². The number of morpholine rings is 1. The fourth-order valence-corrected chi connectivity index (χ4v) is 4.24. The minimum atomic E-state index is 0.352. The summed E-state index contributed by atoms with van der Waals surface area (Å²) in [5.74, 6) is 0. The molecule has 2 atom stereocenters. The number of pyridine rings is 1. The third kappa shape index (κ3) is 5.00. The summed E-state index contributed by atoms with van der Waals surface area (Å²) in [5.41, 5.74) is 2.46. The van der Waals surface area contributed by atoms with Gasteiger partial charge in [0.15, 0.2) is 0 Å². The summed E-state index contributed by atoms with van der Waals surface area (Å²) in [6, 6.07) is 4.42. The molecule has 3 aliphatic rings. The van der Waals surface area contributed by atoms with Crippen LogP contribution in [0.1, 0.15) is 36.9 Å². The van der Waals surface area contributed by atoms with Crippen molar-refractivity contribution < 1.29 is 9.47 Å². The van der Waals surface area contributed by atoms with E-state index < -0.39 is 0 Å². The Hall–Kier alpha value is -1.01. The Kier molecular flexibility index (Phi) is 5.98. The summed E-state index contributed by atoms with van der Waals surface area (Å²) in [4.78, 5) is 9.68.